The molecule has 0 spiro atoms. The molecule has 2 rings (SSSR count). The second-order valence-electron chi connectivity index (χ2n) is 5.65. The van der Waals surface area contributed by atoms with Crippen LogP contribution in [0.2, 0.25) is 0 Å². The molecule has 0 bridgehead atoms. The molecule has 0 atom stereocenters. The molecule has 19 heavy (non-hydrogen) atoms. The van der Waals surface area contributed by atoms with E-state index in [1.807, 2.05) is 0 Å². The van der Waals surface area contributed by atoms with Gasteiger partial charge < -0.3 is 10.2 Å². The van der Waals surface area contributed by atoms with Gasteiger partial charge in [0.25, 0.3) is 0 Å². The summed E-state index contributed by atoms with van der Waals surface area (Å²) in [6.45, 7) is 11.2. The van der Waals surface area contributed by atoms with Crippen LogP contribution in [0.3, 0.4) is 0 Å². The number of nitrogens with zero attached hydrogens (tertiary/aromatic N) is 1. The molecule has 1 aliphatic rings. The van der Waals surface area contributed by atoms with Crippen LogP contribution >= 0.6 is 40.7 Å². The van der Waals surface area contributed by atoms with Crippen LogP contribution in [0, 0.1) is 0 Å². The Morgan fingerprint density at radius 1 is 1.11 bits per heavy atom. The number of halogens is 3. The van der Waals surface area contributed by atoms with Crippen LogP contribution in [0.4, 0.5) is 5.69 Å². The first kappa shape index (κ1) is 19.0. The summed E-state index contributed by atoms with van der Waals surface area (Å²) in [6, 6.07) is 6.65. The van der Waals surface area contributed by atoms with E-state index in [0.717, 1.165) is 26.2 Å². The molecule has 0 amide bonds. The molecule has 2 nitrogen and oxygen atoms in total. The number of benzene rings is 1. The lowest BCUT2D eigenvalue weighted by Crippen LogP contribution is -2.44. The molecule has 1 aliphatic heterocycles. The van der Waals surface area contributed by atoms with E-state index in [9.17, 15) is 0 Å². The molecule has 1 N–H and O–H groups in total. The smallest absolute Gasteiger partial charge is 0.0405 e. The quantitative estimate of drug-likeness (QED) is 0.804. The number of anilines is 1. The Balaban J connectivity index is 0.00000162. The zero-order valence-corrected chi connectivity index (χ0v) is 14.9. The van der Waals surface area contributed by atoms with Gasteiger partial charge in [0.05, 0.1) is 0 Å². The minimum atomic E-state index is 0. The lowest BCUT2D eigenvalue weighted by molar-refractivity contribution is 0.563. The van der Waals surface area contributed by atoms with Gasteiger partial charge in [0, 0.05) is 36.3 Å². The minimum absolute atomic E-state index is 0. The number of hydrogen-bond donors (Lipinski definition) is 1. The second-order valence-corrected chi connectivity index (χ2v) is 6.56. The van der Waals surface area contributed by atoms with Gasteiger partial charge in [0.2, 0.25) is 0 Å². The van der Waals surface area contributed by atoms with Crippen molar-refractivity contribution >= 4 is 46.4 Å². The molecule has 110 valence electrons. The molecule has 1 fully saturated rings. The van der Waals surface area contributed by atoms with E-state index in [0.29, 0.717) is 0 Å². The monoisotopic (exact) mass is 368 g/mol. The third-order valence-electron chi connectivity index (χ3n) is 3.22. The molecule has 0 radical (unpaired) electrons. The fourth-order valence-corrected chi connectivity index (χ4v) is 2.65. The van der Waals surface area contributed by atoms with Crippen molar-refractivity contribution < 1.29 is 0 Å². The van der Waals surface area contributed by atoms with Crippen molar-refractivity contribution in [1.29, 1.82) is 0 Å². The van der Waals surface area contributed by atoms with Crippen LogP contribution in [-0.4, -0.2) is 26.2 Å². The highest BCUT2D eigenvalue weighted by atomic mass is 79.9. The highest BCUT2D eigenvalue weighted by Crippen LogP contribution is 2.34. The van der Waals surface area contributed by atoms with E-state index in [-0.39, 0.29) is 30.2 Å². The Hall–Kier alpha value is 0.0400. The lowest BCUT2D eigenvalue weighted by atomic mass is 9.85. The van der Waals surface area contributed by atoms with Crippen molar-refractivity contribution in [2.45, 2.75) is 26.2 Å². The molecule has 1 heterocycles. The van der Waals surface area contributed by atoms with Crippen molar-refractivity contribution in [2.75, 3.05) is 31.1 Å². The standard InChI is InChI=1S/C14H21BrN2.2ClH/c1-14(2,3)12-10-11(15)4-5-13(12)17-8-6-16-7-9-17;;/h4-5,10,16H,6-9H2,1-3H3;2*1H. The van der Waals surface area contributed by atoms with E-state index in [2.05, 4.69) is 65.1 Å². The Bertz CT molecular complexity index is 399. The van der Waals surface area contributed by atoms with Crippen molar-refractivity contribution in [2.24, 2.45) is 0 Å². The molecule has 1 saturated heterocycles. The Labute approximate surface area is 137 Å². The van der Waals surface area contributed by atoms with Gasteiger partial charge in [-0.1, -0.05) is 36.7 Å². The van der Waals surface area contributed by atoms with Crippen LogP contribution < -0.4 is 10.2 Å². The molecular weight excluding hydrogens is 347 g/mol. The van der Waals surface area contributed by atoms with Crippen molar-refractivity contribution in [3.63, 3.8) is 0 Å². The maximum absolute atomic E-state index is 3.58. The average molecular weight is 370 g/mol. The normalized spacial score (nSPS) is 15.5. The highest BCUT2D eigenvalue weighted by Gasteiger charge is 2.22. The first-order valence-corrected chi connectivity index (χ1v) is 7.03. The summed E-state index contributed by atoms with van der Waals surface area (Å²) in [5.41, 5.74) is 3.00. The highest BCUT2D eigenvalue weighted by molar-refractivity contribution is 9.10. The van der Waals surface area contributed by atoms with Crippen LogP contribution in [0.15, 0.2) is 22.7 Å². The largest absolute Gasteiger partial charge is 0.369 e. The number of hydrogen-bond acceptors (Lipinski definition) is 2. The Kier molecular flexibility index (Phi) is 7.74. The fourth-order valence-electron chi connectivity index (χ4n) is 2.29. The second kappa shape index (κ2) is 7.72. The van der Waals surface area contributed by atoms with E-state index in [4.69, 9.17) is 0 Å². The van der Waals surface area contributed by atoms with E-state index < -0.39 is 0 Å². The van der Waals surface area contributed by atoms with E-state index in [1.54, 1.807) is 0 Å². The maximum atomic E-state index is 3.58. The van der Waals surface area contributed by atoms with E-state index >= 15 is 0 Å². The third-order valence-corrected chi connectivity index (χ3v) is 3.72. The topological polar surface area (TPSA) is 15.3 Å². The third kappa shape index (κ3) is 4.82. The average Bonchev–Trinajstić information content (AvgIpc) is 2.29. The van der Waals surface area contributed by atoms with Gasteiger partial charge >= 0.3 is 0 Å². The molecule has 0 aromatic heterocycles. The van der Waals surface area contributed by atoms with Gasteiger partial charge in [-0.25, -0.2) is 0 Å². The van der Waals surface area contributed by atoms with Gasteiger partial charge in [-0.05, 0) is 29.2 Å². The summed E-state index contributed by atoms with van der Waals surface area (Å²) >= 11 is 3.58. The van der Waals surface area contributed by atoms with Crippen molar-refractivity contribution in [1.82, 2.24) is 5.32 Å². The van der Waals surface area contributed by atoms with Crippen LogP contribution in [0.1, 0.15) is 26.3 Å². The molecule has 0 unspecified atom stereocenters. The summed E-state index contributed by atoms with van der Waals surface area (Å²) < 4.78 is 1.17. The maximum Gasteiger partial charge on any atom is 0.0405 e. The zero-order chi connectivity index (χ0) is 12.5. The summed E-state index contributed by atoms with van der Waals surface area (Å²) in [6.07, 6.45) is 0. The molecule has 0 saturated carbocycles. The SMILES string of the molecule is CC(C)(C)c1cc(Br)ccc1N1CCNCC1.Cl.Cl. The molecular formula is C14H23BrCl2N2. The van der Waals surface area contributed by atoms with Gasteiger partial charge in [-0.3, -0.25) is 0 Å². The molecule has 0 aliphatic carbocycles. The van der Waals surface area contributed by atoms with Crippen LogP contribution in [0.5, 0.6) is 0 Å². The zero-order valence-electron chi connectivity index (χ0n) is 11.7. The molecule has 5 heteroatoms. The Morgan fingerprint density at radius 2 is 1.68 bits per heavy atom. The number of rotatable bonds is 1. The Morgan fingerprint density at radius 3 is 2.21 bits per heavy atom. The van der Waals surface area contributed by atoms with Gasteiger partial charge in [-0.2, -0.15) is 0 Å². The number of piperazine rings is 1. The first-order chi connectivity index (χ1) is 7.98. The minimum Gasteiger partial charge on any atom is -0.369 e. The predicted molar refractivity (Wildman–Crippen MR) is 92.4 cm³/mol. The van der Waals surface area contributed by atoms with Gasteiger partial charge in [0.1, 0.15) is 0 Å². The van der Waals surface area contributed by atoms with Crippen LogP contribution in [-0.2, 0) is 5.41 Å². The molecule has 1 aromatic carbocycles. The van der Waals surface area contributed by atoms with E-state index in [1.165, 1.54) is 15.7 Å². The van der Waals surface area contributed by atoms with Crippen molar-refractivity contribution in [3.8, 4) is 0 Å². The first-order valence-electron chi connectivity index (χ1n) is 6.24. The van der Waals surface area contributed by atoms with Gasteiger partial charge in [0.15, 0.2) is 0 Å². The lowest BCUT2D eigenvalue weighted by Gasteiger charge is -2.34. The summed E-state index contributed by atoms with van der Waals surface area (Å²) in [5.74, 6) is 0. The summed E-state index contributed by atoms with van der Waals surface area (Å²) in [5, 5.41) is 3.40. The van der Waals surface area contributed by atoms with Crippen molar-refractivity contribution in [3.05, 3.63) is 28.2 Å². The van der Waals surface area contributed by atoms with Gasteiger partial charge in [-0.15, -0.1) is 24.8 Å². The summed E-state index contributed by atoms with van der Waals surface area (Å²) in [7, 11) is 0. The predicted octanol–water partition coefficient (Wildman–Crippen LogP) is 4.00. The number of nitrogens with one attached hydrogen (secondary N) is 1. The molecule has 1 aromatic rings. The summed E-state index contributed by atoms with van der Waals surface area (Å²) in [4.78, 5) is 2.49. The fraction of sp³-hybridized carbons (Fsp3) is 0.571. The van der Waals surface area contributed by atoms with Crippen LogP contribution in [0.25, 0.3) is 0 Å².